The van der Waals surface area contributed by atoms with Crippen LogP contribution in [0.3, 0.4) is 0 Å². The van der Waals surface area contributed by atoms with Crippen molar-refractivity contribution in [2.45, 2.75) is 19.3 Å². The van der Waals surface area contributed by atoms with Gasteiger partial charge in [-0.15, -0.1) is 11.3 Å². The van der Waals surface area contributed by atoms with Crippen LogP contribution in [0.2, 0.25) is 0 Å². The van der Waals surface area contributed by atoms with Gasteiger partial charge in [-0.05, 0) is 39.4 Å². The zero-order valence-corrected chi connectivity index (χ0v) is 8.98. The van der Waals surface area contributed by atoms with Crippen LogP contribution in [0.4, 0.5) is 0 Å². The van der Waals surface area contributed by atoms with Crippen LogP contribution in [0.25, 0.3) is 0 Å². The molecule has 1 heterocycles. The minimum atomic E-state index is -0.747. The van der Waals surface area contributed by atoms with Crippen molar-refractivity contribution in [1.29, 1.82) is 0 Å². The number of halogens is 1. The van der Waals surface area contributed by atoms with E-state index in [1.165, 1.54) is 11.3 Å². The minimum absolute atomic E-state index is 0.354. The Morgan fingerprint density at radius 1 is 1.83 bits per heavy atom. The Balaban J connectivity index is 2.87. The molecule has 4 heteroatoms. The Kier molecular flexibility index (Phi) is 3.29. The van der Waals surface area contributed by atoms with Crippen LogP contribution in [-0.4, -0.2) is 11.1 Å². The second kappa shape index (κ2) is 4.05. The van der Waals surface area contributed by atoms with Crippen molar-refractivity contribution >= 4 is 33.2 Å². The fraction of sp³-hybridized carbons (Fsp3) is 0.375. The van der Waals surface area contributed by atoms with E-state index >= 15 is 0 Å². The molecule has 0 aliphatic heterocycles. The molecule has 0 spiro atoms. The van der Waals surface area contributed by atoms with E-state index in [0.717, 1.165) is 9.35 Å². The second-order valence-electron chi connectivity index (χ2n) is 2.48. The van der Waals surface area contributed by atoms with Crippen LogP contribution in [0, 0.1) is 0 Å². The monoisotopic (exact) mass is 248 g/mol. The predicted molar refractivity (Wildman–Crippen MR) is 52.7 cm³/mol. The van der Waals surface area contributed by atoms with E-state index in [-0.39, 0.29) is 5.92 Å². The number of carboxylic acid groups (broad SMARTS) is 1. The highest BCUT2D eigenvalue weighted by Crippen LogP contribution is 2.28. The van der Waals surface area contributed by atoms with Crippen molar-refractivity contribution in [3.63, 3.8) is 0 Å². The number of thiophene rings is 1. The Labute approximate surface area is 83.4 Å². The average Bonchev–Trinajstić information content (AvgIpc) is 2.37. The Bertz CT molecular complexity index is 282. The van der Waals surface area contributed by atoms with Crippen LogP contribution < -0.4 is 0 Å². The van der Waals surface area contributed by atoms with Gasteiger partial charge in [-0.1, -0.05) is 6.92 Å². The first-order valence-corrected chi connectivity index (χ1v) is 5.29. The van der Waals surface area contributed by atoms with Crippen molar-refractivity contribution in [3.8, 4) is 0 Å². The zero-order valence-electron chi connectivity index (χ0n) is 6.58. The third-order valence-electron chi connectivity index (χ3n) is 1.70. The van der Waals surface area contributed by atoms with Gasteiger partial charge in [0.2, 0.25) is 0 Å². The molecule has 0 aromatic carbocycles. The molecule has 1 unspecified atom stereocenters. The van der Waals surface area contributed by atoms with Gasteiger partial charge in [-0.2, -0.15) is 0 Å². The van der Waals surface area contributed by atoms with Gasteiger partial charge >= 0.3 is 5.97 Å². The van der Waals surface area contributed by atoms with E-state index in [0.29, 0.717) is 6.42 Å². The molecule has 1 aromatic heterocycles. The highest BCUT2D eigenvalue weighted by molar-refractivity contribution is 9.11. The third-order valence-corrected chi connectivity index (χ3v) is 3.22. The van der Waals surface area contributed by atoms with E-state index in [4.69, 9.17) is 5.11 Å². The zero-order chi connectivity index (χ0) is 9.14. The molecule has 66 valence electrons. The SMILES string of the molecule is CCC(C(=O)O)c1csc(Br)c1. The summed E-state index contributed by atoms with van der Waals surface area (Å²) in [5.41, 5.74) is 0.891. The molecule has 0 radical (unpaired) electrons. The fourth-order valence-corrected chi connectivity index (χ4v) is 2.29. The first kappa shape index (κ1) is 9.74. The van der Waals surface area contributed by atoms with Gasteiger partial charge in [0.1, 0.15) is 0 Å². The maximum atomic E-state index is 10.7. The lowest BCUT2D eigenvalue weighted by molar-refractivity contribution is -0.138. The number of carboxylic acids is 1. The highest BCUT2D eigenvalue weighted by Gasteiger charge is 2.18. The molecule has 0 bridgehead atoms. The average molecular weight is 249 g/mol. The number of hydrogen-bond donors (Lipinski definition) is 1. The lowest BCUT2D eigenvalue weighted by Gasteiger charge is -2.05. The molecule has 0 fully saturated rings. The summed E-state index contributed by atoms with van der Waals surface area (Å²) in [7, 11) is 0. The first-order chi connectivity index (χ1) is 5.65. The summed E-state index contributed by atoms with van der Waals surface area (Å²) in [6.45, 7) is 1.88. The van der Waals surface area contributed by atoms with Crippen molar-refractivity contribution in [2.75, 3.05) is 0 Å². The van der Waals surface area contributed by atoms with Crippen LogP contribution in [0.1, 0.15) is 24.8 Å². The van der Waals surface area contributed by atoms with Crippen molar-refractivity contribution < 1.29 is 9.90 Å². The predicted octanol–water partition coefficient (Wildman–Crippen LogP) is 3.09. The molecule has 1 N–H and O–H groups in total. The van der Waals surface area contributed by atoms with Gasteiger partial charge in [0.15, 0.2) is 0 Å². The smallest absolute Gasteiger partial charge is 0.310 e. The number of carbonyl (C=O) groups is 1. The maximum absolute atomic E-state index is 10.7. The molecule has 0 aliphatic carbocycles. The Hall–Kier alpha value is -0.350. The highest BCUT2D eigenvalue weighted by atomic mass is 79.9. The van der Waals surface area contributed by atoms with E-state index in [1.807, 2.05) is 18.4 Å². The normalized spacial score (nSPS) is 12.8. The van der Waals surface area contributed by atoms with Crippen molar-refractivity contribution in [2.24, 2.45) is 0 Å². The molecular weight excluding hydrogens is 240 g/mol. The summed E-state index contributed by atoms with van der Waals surface area (Å²) < 4.78 is 0.984. The Morgan fingerprint density at radius 2 is 2.50 bits per heavy atom. The van der Waals surface area contributed by atoms with Gasteiger partial charge in [-0.3, -0.25) is 4.79 Å². The third kappa shape index (κ3) is 2.08. The van der Waals surface area contributed by atoms with Gasteiger partial charge in [0.05, 0.1) is 9.70 Å². The van der Waals surface area contributed by atoms with Crippen LogP contribution >= 0.6 is 27.3 Å². The van der Waals surface area contributed by atoms with E-state index in [2.05, 4.69) is 15.9 Å². The number of hydrogen-bond acceptors (Lipinski definition) is 2. The van der Waals surface area contributed by atoms with Crippen molar-refractivity contribution in [1.82, 2.24) is 0 Å². The minimum Gasteiger partial charge on any atom is -0.481 e. The summed E-state index contributed by atoms with van der Waals surface area (Å²) in [6, 6.07) is 1.87. The molecule has 12 heavy (non-hydrogen) atoms. The maximum Gasteiger partial charge on any atom is 0.310 e. The molecule has 0 amide bonds. The van der Waals surface area contributed by atoms with E-state index in [1.54, 1.807) is 0 Å². The number of aliphatic carboxylic acids is 1. The molecule has 0 aliphatic rings. The molecule has 1 aromatic rings. The fourth-order valence-electron chi connectivity index (χ4n) is 1.06. The van der Waals surface area contributed by atoms with Gasteiger partial charge in [0.25, 0.3) is 0 Å². The largest absolute Gasteiger partial charge is 0.481 e. The quantitative estimate of drug-likeness (QED) is 0.893. The first-order valence-electron chi connectivity index (χ1n) is 3.62. The second-order valence-corrected chi connectivity index (χ2v) is 4.77. The van der Waals surface area contributed by atoms with Gasteiger partial charge in [-0.25, -0.2) is 0 Å². The standard InChI is InChI=1S/C8H9BrO2S/c1-2-6(8(10)11)5-3-7(9)12-4-5/h3-4,6H,2H2,1H3,(H,10,11). The van der Waals surface area contributed by atoms with Crippen molar-refractivity contribution in [3.05, 3.63) is 20.8 Å². The summed E-state index contributed by atoms with van der Waals surface area (Å²) in [5.74, 6) is -1.10. The summed E-state index contributed by atoms with van der Waals surface area (Å²) >= 11 is 4.82. The van der Waals surface area contributed by atoms with Gasteiger partial charge in [0, 0.05) is 0 Å². The van der Waals surface area contributed by atoms with E-state index in [9.17, 15) is 4.79 Å². The van der Waals surface area contributed by atoms with Crippen LogP contribution in [-0.2, 0) is 4.79 Å². The molecule has 1 rings (SSSR count). The molecule has 2 nitrogen and oxygen atoms in total. The topological polar surface area (TPSA) is 37.3 Å². The Morgan fingerprint density at radius 3 is 2.83 bits per heavy atom. The van der Waals surface area contributed by atoms with Gasteiger partial charge < -0.3 is 5.11 Å². The lowest BCUT2D eigenvalue weighted by atomic mass is 10.0. The summed E-state index contributed by atoms with van der Waals surface area (Å²) in [4.78, 5) is 10.7. The van der Waals surface area contributed by atoms with E-state index < -0.39 is 5.97 Å². The van der Waals surface area contributed by atoms with Crippen LogP contribution in [0.15, 0.2) is 15.2 Å². The summed E-state index contributed by atoms with van der Waals surface area (Å²) in [6.07, 6.45) is 0.637. The number of rotatable bonds is 3. The van der Waals surface area contributed by atoms with Crippen LogP contribution in [0.5, 0.6) is 0 Å². The molecule has 1 atom stereocenters. The molecule has 0 saturated carbocycles. The molecule has 0 saturated heterocycles. The summed E-state index contributed by atoms with van der Waals surface area (Å²) in [5, 5.41) is 10.7. The molecular formula is C8H9BrO2S. The lowest BCUT2D eigenvalue weighted by Crippen LogP contribution is -2.09.